The van der Waals surface area contributed by atoms with E-state index in [9.17, 15) is 9.90 Å². The SMILES string of the molecule is O=C(CC1(O)CCCCC1)N1CCC(OCC2CCCC2)CC1. The summed E-state index contributed by atoms with van der Waals surface area (Å²) in [6.07, 6.45) is 12.8. The highest BCUT2D eigenvalue weighted by Crippen LogP contribution is 2.32. The van der Waals surface area contributed by atoms with Crippen molar-refractivity contribution in [1.82, 2.24) is 4.90 Å². The van der Waals surface area contributed by atoms with Crippen LogP contribution in [-0.2, 0) is 9.53 Å². The molecule has 2 saturated carbocycles. The van der Waals surface area contributed by atoms with E-state index in [4.69, 9.17) is 4.74 Å². The molecule has 3 aliphatic rings. The highest BCUT2D eigenvalue weighted by Gasteiger charge is 2.34. The van der Waals surface area contributed by atoms with Crippen LogP contribution in [0.15, 0.2) is 0 Å². The zero-order chi connectivity index (χ0) is 16.1. The Hall–Kier alpha value is -0.610. The number of amides is 1. The molecule has 0 aromatic heterocycles. The van der Waals surface area contributed by atoms with Gasteiger partial charge in [-0.15, -0.1) is 0 Å². The average molecular weight is 323 g/mol. The van der Waals surface area contributed by atoms with Crippen molar-refractivity contribution in [2.24, 2.45) is 5.92 Å². The van der Waals surface area contributed by atoms with Crippen molar-refractivity contribution in [2.45, 2.75) is 88.8 Å². The first-order valence-corrected chi connectivity index (χ1v) is 9.76. The molecule has 2 aliphatic carbocycles. The molecule has 0 aromatic carbocycles. The number of rotatable bonds is 5. The van der Waals surface area contributed by atoms with Crippen LogP contribution >= 0.6 is 0 Å². The van der Waals surface area contributed by atoms with Gasteiger partial charge in [0.05, 0.1) is 18.1 Å². The lowest BCUT2D eigenvalue weighted by Crippen LogP contribution is -2.45. The molecule has 0 radical (unpaired) electrons. The van der Waals surface area contributed by atoms with Crippen molar-refractivity contribution in [3.8, 4) is 0 Å². The second-order valence-corrected chi connectivity index (χ2v) is 8.03. The first-order valence-electron chi connectivity index (χ1n) is 9.76. The first kappa shape index (κ1) is 17.2. The van der Waals surface area contributed by atoms with Crippen LogP contribution < -0.4 is 0 Å². The number of carbonyl (C=O) groups excluding carboxylic acids is 1. The first-order chi connectivity index (χ1) is 11.1. The molecule has 0 aromatic rings. The van der Waals surface area contributed by atoms with Crippen LogP contribution in [0, 0.1) is 5.92 Å². The Morgan fingerprint density at radius 1 is 1.00 bits per heavy atom. The van der Waals surface area contributed by atoms with Gasteiger partial charge in [-0.25, -0.2) is 0 Å². The molecule has 4 heteroatoms. The summed E-state index contributed by atoms with van der Waals surface area (Å²) in [5.74, 6) is 0.916. The Kier molecular flexibility index (Phi) is 5.97. The van der Waals surface area contributed by atoms with E-state index < -0.39 is 5.60 Å². The minimum absolute atomic E-state index is 0.142. The largest absolute Gasteiger partial charge is 0.389 e. The highest BCUT2D eigenvalue weighted by molar-refractivity contribution is 5.77. The summed E-state index contributed by atoms with van der Waals surface area (Å²) in [6, 6.07) is 0. The van der Waals surface area contributed by atoms with Gasteiger partial charge in [0.15, 0.2) is 0 Å². The van der Waals surface area contributed by atoms with Gasteiger partial charge in [0.25, 0.3) is 0 Å². The van der Waals surface area contributed by atoms with Gasteiger partial charge >= 0.3 is 0 Å². The molecule has 23 heavy (non-hydrogen) atoms. The van der Waals surface area contributed by atoms with Gasteiger partial charge in [-0.2, -0.15) is 0 Å². The normalized spacial score (nSPS) is 26.6. The summed E-state index contributed by atoms with van der Waals surface area (Å²) in [5.41, 5.74) is -0.731. The number of likely N-dealkylation sites (tertiary alicyclic amines) is 1. The molecule has 1 amide bonds. The molecule has 4 nitrogen and oxygen atoms in total. The van der Waals surface area contributed by atoms with Crippen molar-refractivity contribution in [1.29, 1.82) is 0 Å². The Morgan fingerprint density at radius 3 is 2.30 bits per heavy atom. The molecule has 0 spiro atoms. The maximum absolute atomic E-state index is 12.5. The van der Waals surface area contributed by atoms with Crippen LogP contribution in [0.2, 0.25) is 0 Å². The molecule has 0 unspecified atom stereocenters. The third-order valence-corrected chi connectivity index (χ3v) is 6.10. The van der Waals surface area contributed by atoms with Gasteiger partial charge in [-0.05, 0) is 44.4 Å². The van der Waals surface area contributed by atoms with Crippen LogP contribution in [0.25, 0.3) is 0 Å². The topological polar surface area (TPSA) is 49.8 Å². The predicted octanol–water partition coefficient (Wildman–Crippen LogP) is 3.27. The van der Waals surface area contributed by atoms with E-state index in [0.29, 0.717) is 12.5 Å². The van der Waals surface area contributed by atoms with E-state index in [-0.39, 0.29) is 5.91 Å². The monoisotopic (exact) mass is 323 g/mol. The molecule has 3 rings (SSSR count). The van der Waals surface area contributed by atoms with Gasteiger partial charge in [-0.3, -0.25) is 4.79 Å². The molecule has 1 heterocycles. The van der Waals surface area contributed by atoms with E-state index in [0.717, 1.165) is 64.1 Å². The lowest BCUT2D eigenvalue weighted by atomic mass is 9.82. The maximum atomic E-state index is 12.5. The van der Waals surface area contributed by atoms with Crippen molar-refractivity contribution in [3.05, 3.63) is 0 Å². The van der Waals surface area contributed by atoms with E-state index in [1.807, 2.05) is 4.90 Å². The standard InChI is InChI=1S/C19H33NO3/c21-18(14-19(22)10-4-1-5-11-19)20-12-8-17(9-13-20)23-15-16-6-2-3-7-16/h16-17,22H,1-15H2. The Balaban J connectivity index is 1.37. The van der Waals surface area contributed by atoms with Gasteiger partial charge in [-0.1, -0.05) is 32.1 Å². The summed E-state index contributed by atoms with van der Waals surface area (Å²) in [6.45, 7) is 2.51. The second-order valence-electron chi connectivity index (χ2n) is 8.03. The summed E-state index contributed by atoms with van der Waals surface area (Å²) in [5, 5.41) is 10.6. The molecule has 1 saturated heterocycles. The van der Waals surface area contributed by atoms with Gasteiger partial charge in [0.1, 0.15) is 0 Å². The number of ether oxygens (including phenoxy) is 1. The van der Waals surface area contributed by atoms with E-state index >= 15 is 0 Å². The smallest absolute Gasteiger partial charge is 0.225 e. The van der Waals surface area contributed by atoms with Crippen molar-refractivity contribution in [2.75, 3.05) is 19.7 Å². The van der Waals surface area contributed by atoms with Gasteiger partial charge in [0, 0.05) is 19.7 Å². The summed E-state index contributed by atoms with van der Waals surface area (Å²) >= 11 is 0. The van der Waals surface area contributed by atoms with Gasteiger partial charge in [0.2, 0.25) is 5.91 Å². The fraction of sp³-hybridized carbons (Fsp3) is 0.947. The number of nitrogens with zero attached hydrogens (tertiary/aromatic N) is 1. The number of aliphatic hydroxyl groups is 1. The number of hydrogen-bond donors (Lipinski definition) is 1. The summed E-state index contributed by atoms with van der Waals surface area (Å²) < 4.78 is 6.08. The third-order valence-electron chi connectivity index (χ3n) is 6.10. The molecular weight excluding hydrogens is 290 g/mol. The zero-order valence-corrected chi connectivity index (χ0v) is 14.5. The molecule has 0 bridgehead atoms. The van der Waals surface area contributed by atoms with Gasteiger partial charge < -0.3 is 14.7 Å². The zero-order valence-electron chi connectivity index (χ0n) is 14.5. The lowest BCUT2D eigenvalue weighted by Gasteiger charge is -2.36. The quantitative estimate of drug-likeness (QED) is 0.845. The van der Waals surface area contributed by atoms with E-state index in [2.05, 4.69) is 0 Å². The van der Waals surface area contributed by atoms with Crippen LogP contribution in [0.3, 0.4) is 0 Å². The predicted molar refractivity (Wildman–Crippen MR) is 90.2 cm³/mol. The van der Waals surface area contributed by atoms with Crippen LogP contribution in [-0.4, -0.2) is 47.3 Å². The van der Waals surface area contributed by atoms with Crippen LogP contribution in [0.4, 0.5) is 0 Å². The highest BCUT2D eigenvalue weighted by atomic mass is 16.5. The minimum atomic E-state index is -0.731. The second kappa shape index (κ2) is 7.98. The minimum Gasteiger partial charge on any atom is -0.389 e. The van der Waals surface area contributed by atoms with Crippen molar-refractivity contribution >= 4 is 5.91 Å². The molecule has 0 atom stereocenters. The van der Waals surface area contributed by atoms with E-state index in [1.54, 1.807) is 0 Å². The Bertz CT molecular complexity index is 378. The number of hydrogen-bond acceptors (Lipinski definition) is 3. The number of piperidine rings is 1. The van der Waals surface area contributed by atoms with E-state index in [1.165, 1.54) is 32.1 Å². The molecule has 132 valence electrons. The van der Waals surface area contributed by atoms with Crippen LogP contribution in [0.5, 0.6) is 0 Å². The third kappa shape index (κ3) is 4.93. The summed E-state index contributed by atoms with van der Waals surface area (Å²) in [7, 11) is 0. The number of carbonyl (C=O) groups is 1. The summed E-state index contributed by atoms with van der Waals surface area (Å²) in [4.78, 5) is 14.4. The molecule has 1 N–H and O–H groups in total. The lowest BCUT2D eigenvalue weighted by molar-refractivity contribution is -0.140. The molecule has 1 aliphatic heterocycles. The Morgan fingerprint density at radius 2 is 1.65 bits per heavy atom. The maximum Gasteiger partial charge on any atom is 0.225 e. The van der Waals surface area contributed by atoms with Crippen molar-refractivity contribution in [3.63, 3.8) is 0 Å². The van der Waals surface area contributed by atoms with Crippen LogP contribution in [0.1, 0.15) is 77.0 Å². The average Bonchev–Trinajstić information content (AvgIpc) is 3.07. The molecule has 3 fully saturated rings. The Labute approximate surface area is 140 Å². The van der Waals surface area contributed by atoms with Crippen molar-refractivity contribution < 1.29 is 14.6 Å². The fourth-order valence-electron chi connectivity index (χ4n) is 4.50. The fourth-order valence-corrected chi connectivity index (χ4v) is 4.50. The molecular formula is C19H33NO3.